The summed E-state index contributed by atoms with van der Waals surface area (Å²) >= 11 is 5.16. The third kappa shape index (κ3) is 2.06. The average molecular weight is 282 g/mol. The highest BCUT2D eigenvalue weighted by molar-refractivity contribution is 7.71. The summed E-state index contributed by atoms with van der Waals surface area (Å²) in [6.45, 7) is 1.61. The zero-order valence-electron chi connectivity index (χ0n) is 10.3. The Kier molecular flexibility index (Phi) is 3.09. The highest BCUT2D eigenvalue weighted by Gasteiger charge is 2.35. The van der Waals surface area contributed by atoms with E-state index in [2.05, 4.69) is 15.0 Å². The van der Waals surface area contributed by atoms with Crippen molar-refractivity contribution in [3.8, 4) is 0 Å². The van der Waals surface area contributed by atoms with Crippen LogP contribution in [0.4, 0.5) is 0 Å². The first-order valence-electron chi connectivity index (χ1n) is 5.98. The van der Waals surface area contributed by atoms with Crippen LogP contribution in [0.15, 0.2) is 6.33 Å². The molecule has 0 bridgehead atoms. The van der Waals surface area contributed by atoms with Gasteiger partial charge in [-0.25, -0.2) is 9.97 Å². The van der Waals surface area contributed by atoms with Crippen molar-refractivity contribution >= 4 is 23.4 Å². The molecule has 2 aromatic heterocycles. The summed E-state index contributed by atoms with van der Waals surface area (Å²) in [5, 5.41) is 18.9. The fourth-order valence-corrected chi connectivity index (χ4v) is 2.60. The number of hydrogen-bond acceptors (Lipinski definition) is 6. The molecule has 1 fully saturated rings. The quantitative estimate of drug-likeness (QED) is 0.692. The zero-order valence-corrected chi connectivity index (χ0v) is 11.1. The standard InChI is InChI=1S/C11H14N4O3S/c1-5-13-10-9(11(19)14-5)12-4-15(10)8-2-6(17)7(3-16)18-8/h4,6-8,16-17H,2-3H2,1H3,(H,13,14,19)/t6-,7+,8+/m1/s1. The lowest BCUT2D eigenvalue weighted by atomic mass is 10.2. The van der Waals surface area contributed by atoms with Crippen molar-refractivity contribution in [2.45, 2.75) is 31.8 Å². The van der Waals surface area contributed by atoms with Gasteiger partial charge in [-0.2, -0.15) is 0 Å². The van der Waals surface area contributed by atoms with Gasteiger partial charge >= 0.3 is 0 Å². The van der Waals surface area contributed by atoms with Gasteiger partial charge in [-0.05, 0) is 6.92 Å². The van der Waals surface area contributed by atoms with Crippen LogP contribution in [0, 0.1) is 11.6 Å². The normalized spacial score (nSPS) is 27.2. The van der Waals surface area contributed by atoms with Crippen LogP contribution >= 0.6 is 12.2 Å². The van der Waals surface area contributed by atoms with E-state index < -0.39 is 12.2 Å². The molecule has 3 atom stereocenters. The molecule has 3 heterocycles. The summed E-state index contributed by atoms with van der Waals surface area (Å²) < 4.78 is 7.81. The second-order valence-electron chi connectivity index (χ2n) is 4.59. The Morgan fingerprint density at radius 1 is 1.63 bits per heavy atom. The number of aliphatic hydroxyl groups excluding tert-OH is 2. The molecule has 0 amide bonds. The minimum absolute atomic E-state index is 0.207. The average Bonchev–Trinajstić information content (AvgIpc) is 2.92. The largest absolute Gasteiger partial charge is 0.394 e. The first kappa shape index (κ1) is 12.7. The number of aromatic amines is 1. The third-order valence-corrected chi connectivity index (χ3v) is 3.54. The second kappa shape index (κ2) is 4.64. The molecule has 8 heteroatoms. The fraction of sp³-hybridized carbons (Fsp3) is 0.545. The van der Waals surface area contributed by atoms with E-state index in [0.29, 0.717) is 28.0 Å². The number of aromatic nitrogens is 4. The highest BCUT2D eigenvalue weighted by Crippen LogP contribution is 2.30. The molecule has 2 aromatic rings. The number of aryl methyl sites for hydroxylation is 1. The van der Waals surface area contributed by atoms with Gasteiger partial charge in [0.05, 0.1) is 19.0 Å². The van der Waals surface area contributed by atoms with Crippen LogP contribution in [0.1, 0.15) is 18.5 Å². The molecule has 3 rings (SSSR count). The number of nitrogens with one attached hydrogen (secondary N) is 1. The van der Waals surface area contributed by atoms with Crippen molar-refractivity contribution < 1.29 is 14.9 Å². The Morgan fingerprint density at radius 3 is 3.11 bits per heavy atom. The molecule has 7 nitrogen and oxygen atoms in total. The van der Waals surface area contributed by atoms with Crippen LogP contribution < -0.4 is 0 Å². The lowest BCUT2D eigenvalue weighted by molar-refractivity contribution is -0.0432. The van der Waals surface area contributed by atoms with Crippen LogP contribution in [-0.2, 0) is 4.74 Å². The summed E-state index contributed by atoms with van der Waals surface area (Å²) in [4.78, 5) is 11.5. The molecule has 0 aromatic carbocycles. The first-order valence-corrected chi connectivity index (χ1v) is 6.39. The number of fused-ring (bicyclic) bond motifs is 1. The summed E-state index contributed by atoms with van der Waals surface area (Å²) in [5.41, 5.74) is 1.32. The predicted molar refractivity (Wildman–Crippen MR) is 69.1 cm³/mol. The number of nitrogens with zero attached hydrogens (tertiary/aromatic N) is 3. The van der Waals surface area contributed by atoms with Crippen molar-refractivity contribution in [2.75, 3.05) is 6.61 Å². The number of hydrogen-bond donors (Lipinski definition) is 3. The smallest absolute Gasteiger partial charge is 0.157 e. The molecule has 3 N–H and O–H groups in total. The molecule has 0 unspecified atom stereocenters. The van der Waals surface area contributed by atoms with Crippen LogP contribution in [0.25, 0.3) is 11.2 Å². The maximum absolute atomic E-state index is 9.78. The molecule has 0 saturated carbocycles. The van der Waals surface area contributed by atoms with Gasteiger partial charge in [-0.3, -0.25) is 4.57 Å². The summed E-state index contributed by atoms with van der Waals surface area (Å²) in [5.74, 6) is 0.691. The summed E-state index contributed by atoms with van der Waals surface area (Å²) in [7, 11) is 0. The van der Waals surface area contributed by atoms with E-state index in [4.69, 9.17) is 22.1 Å². The van der Waals surface area contributed by atoms with E-state index in [0.717, 1.165) is 0 Å². The summed E-state index contributed by atoms with van der Waals surface area (Å²) in [6, 6.07) is 0. The van der Waals surface area contributed by atoms with Crippen LogP contribution in [0.2, 0.25) is 0 Å². The Bertz CT molecular complexity index is 667. The minimum Gasteiger partial charge on any atom is -0.394 e. The maximum Gasteiger partial charge on any atom is 0.157 e. The van der Waals surface area contributed by atoms with Gasteiger partial charge in [0.25, 0.3) is 0 Å². The van der Waals surface area contributed by atoms with Crippen molar-refractivity contribution in [1.29, 1.82) is 0 Å². The number of rotatable bonds is 2. The van der Waals surface area contributed by atoms with E-state index in [1.54, 1.807) is 10.9 Å². The number of imidazole rings is 1. The first-order chi connectivity index (χ1) is 9.10. The van der Waals surface area contributed by atoms with E-state index >= 15 is 0 Å². The number of H-pyrrole nitrogens is 1. The van der Waals surface area contributed by atoms with E-state index in [1.165, 1.54) is 0 Å². The molecule has 1 saturated heterocycles. The molecule has 0 aliphatic carbocycles. The van der Waals surface area contributed by atoms with Gasteiger partial charge < -0.3 is 19.9 Å². The van der Waals surface area contributed by atoms with Crippen LogP contribution in [0.5, 0.6) is 0 Å². The fourth-order valence-electron chi connectivity index (χ4n) is 2.31. The van der Waals surface area contributed by atoms with Crippen molar-refractivity contribution in [2.24, 2.45) is 0 Å². The van der Waals surface area contributed by atoms with Crippen molar-refractivity contribution in [3.63, 3.8) is 0 Å². The van der Waals surface area contributed by atoms with Gasteiger partial charge in [0.1, 0.15) is 29.3 Å². The minimum atomic E-state index is -0.682. The lowest BCUT2D eigenvalue weighted by Crippen LogP contribution is -2.24. The van der Waals surface area contributed by atoms with Crippen molar-refractivity contribution in [3.05, 3.63) is 16.8 Å². The molecule has 0 spiro atoms. The van der Waals surface area contributed by atoms with E-state index in [1.807, 2.05) is 6.92 Å². The van der Waals surface area contributed by atoms with Gasteiger partial charge in [-0.15, -0.1) is 0 Å². The summed E-state index contributed by atoms with van der Waals surface area (Å²) in [6.07, 6.45) is 0.393. The van der Waals surface area contributed by atoms with Gasteiger partial charge in [0.2, 0.25) is 0 Å². The number of aliphatic hydroxyl groups is 2. The van der Waals surface area contributed by atoms with Crippen LogP contribution in [-0.4, -0.2) is 48.5 Å². The molecular weight excluding hydrogens is 268 g/mol. The van der Waals surface area contributed by atoms with Crippen LogP contribution in [0.3, 0.4) is 0 Å². The van der Waals surface area contributed by atoms with Gasteiger partial charge in [-0.1, -0.05) is 12.2 Å². The molecular formula is C11H14N4O3S. The molecule has 19 heavy (non-hydrogen) atoms. The van der Waals surface area contributed by atoms with Gasteiger partial charge in [0, 0.05) is 6.42 Å². The van der Waals surface area contributed by atoms with Gasteiger partial charge in [0.15, 0.2) is 4.64 Å². The lowest BCUT2D eigenvalue weighted by Gasteiger charge is -2.14. The van der Waals surface area contributed by atoms with Crippen molar-refractivity contribution in [1.82, 2.24) is 19.5 Å². The molecule has 1 aliphatic rings. The van der Waals surface area contributed by atoms with E-state index in [9.17, 15) is 5.11 Å². The Hall–Kier alpha value is -1.35. The Morgan fingerprint density at radius 2 is 2.42 bits per heavy atom. The zero-order chi connectivity index (χ0) is 13.6. The molecule has 1 aliphatic heterocycles. The molecule has 0 radical (unpaired) electrons. The van der Waals surface area contributed by atoms with E-state index in [-0.39, 0.29) is 12.8 Å². The molecule has 102 valence electrons. The maximum atomic E-state index is 9.78. The monoisotopic (exact) mass is 282 g/mol. The highest BCUT2D eigenvalue weighted by atomic mass is 32.1. The topological polar surface area (TPSA) is 96.2 Å². The Balaban J connectivity index is 2.05. The SMILES string of the molecule is Cc1nc(=S)c2ncn([C@@H]3C[C@@H](O)[C@H](CO)O3)c2[nH]1. The number of ether oxygens (including phenoxy) is 1. The third-order valence-electron chi connectivity index (χ3n) is 3.26. The Labute approximate surface area is 113 Å². The second-order valence-corrected chi connectivity index (χ2v) is 4.98. The predicted octanol–water partition coefficient (Wildman–Crippen LogP) is 0.438.